The second kappa shape index (κ2) is 4.37. The van der Waals surface area contributed by atoms with Crippen LogP contribution < -0.4 is 4.90 Å². The summed E-state index contributed by atoms with van der Waals surface area (Å²) >= 11 is 0. The summed E-state index contributed by atoms with van der Waals surface area (Å²) in [6.07, 6.45) is 3.27. The molecule has 0 N–H and O–H groups in total. The highest BCUT2D eigenvalue weighted by Gasteiger charge is 2.13. The number of nitriles is 1. The summed E-state index contributed by atoms with van der Waals surface area (Å²) in [5.41, 5.74) is 0.798. The molecular weight excluding hydrogens is 216 g/mol. The first-order chi connectivity index (χ1) is 8.13. The monoisotopic (exact) mass is 230 g/mol. The average Bonchev–Trinajstić information content (AvgIpc) is 2.71. The van der Waals surface area contributed by atoms with Crippen LogP contribution in [-0.4, -0.2) is 33.3 Å². The largest absolute Gasteiger partial charge is 0.358 e. The van der Waals surface area contributed by atoms with E-state index in [9.17, 15) is 0 Å². The summed E-state index contributed by atoms with van der Waals surface area (Å²) in [5.74, 6) is 0.770. The van der Waals surface area contributed by atoms with E-state index in [1.165, 1.54) is 6.33 Å². The van der Waals surface area contributed by atoms with Gasteiger partial charge in [-0.05, 0) is 6.92 Å². The first kappa shape index (κ1) is 11.3. The zero-order valence-corrected chi connectivity index (χ0v) is 10.1. The van der Waals surface area contributed by atoms with Crippen molar-refractivity contribution in [3.05, 3.63) is 12.5 Å². The van der Waals surface area contributed by atoms with Crippen molar-refractivity contribution in [1.82, 2.24) is 19.7 Å². The van der Waals surface area contributed by atoms with Crippen LogP contribution in [0, 0.1) is 17.2 Å². The normalized spacial score (nSPS) is 12.4. The lowest BCUT2D eigenvalue weighted by atomic mass is 10.2. The summed E-state index contributed by atoms with van der Waals surface area (Å²) in [7, 11) is 3.76. The van der Waals surface area contributed by atoms with Crippen molar-refractivity contribution in [2.75, 3.05) is 18.5 Å². The van der Waals surface area contributed by atoms with Crippen molar-refractivity contribution in [1.29, 1.82) is 5.26 Å². The molecule has 0 saturated carbocycles. The number of fused-ring (bicyclic) bond motifs is 1. The van der Waals surface area contributed by atoms with Gasteiger partial charge in [0, 0.05) is 20.6 Å². The standard InChI is InChI=1S/C11H14N6/c1-8(4-12)6-16(2)10-9-5-15-17(3)11(9)14-7-13-10/h5,7-8H,6H2,1-3H3/t8-/m1/s1. The molecule has 0 aliphatic carbocycles. The van der Waals surface area contributed by atoms with Crippen molar-refractivity contribution in [3.8, 4) is 6.07 Å². The van der Waals surface area contributed by atoms with Gasteiger partial charge in [0.05, 0.1) is 23.6 Å². The van der Waals surface area contributed by atoms with Gasteiger partial charge in [-0.25, -0.2) is 9.97 Å². The lowest BCUT2D eigenvalue weighted by Gasteiger charge is -2.19. The second-order valence-corrected chi connectivity index (χ2v) is 4.11. The predicted octanol–water partition coefficient (Wildman–Crippen LogP) is 0.959. The van der Waals surface area contributed by atoms with Gasteiger partial charge in [0.1, 0.15) is 12.1 Å². The molecule has 6 heteroatoms. The maximum Gasteiger partial charge on any atom is 0.163 e. The number of hydrogen-bond acceptors (Lipinski definition) is 5. The number of aryl methyl sites for hydroxylation is 1. The molecule has 0 aromatic carbocycles. The Morgan fingerprint density at radius 2 is 2.29 bits per heavy atom. The summed E-state index contributed by atoms with van der Waals surface area (Å²) in [6, 6.07) is 2.21. The minimum atomic E-state index is -0.0401. The van der Waals surface area contributed by atoms with Crippen LogP contribution in [0.3, 0.4) is 0 Å². The third-order valence-electron chi connectivity index (χ3n) is 2.64. The molecule has 0 saturated heterocycles. The van der Waals surface area contributed by atoms with E-state index in [0.29, 0.717) is 6.54 Å². The Morgan fingerprint density at radius 3 is 3.00 bits per heavy atom. The average molecular weight is 230 g/mol. The molecule has 2 aromatic heterocycles. The van der Waals surface area contributed by atoms with E-state index in [-0.39, 0.29) is 5.92 Å². The molecule has 0 spiro atoms. The first-order valence-corrected chi connectivity index (χ1v) is 5.37. The fourth-order valence-corrected chi connectivity index (χ4v) is 1.79. The van der Waals surface area contributed by atoms with E-state index in [0.717, 1.165) is 16.9 Å². The van der Waals surface area contributed by atoms with Crippen LogP contribution in [0.1, 0.15) is 6.92 Å². The number of aromatic nitrogens is 4. The Hall–Kier alpha value is -2.16. The van der Waals surface area contributed by atoms with Gasteiger partial charge in [0.2, 0.25) is 0 Å². The number of nitrogens with zero attached hydrogens (tertiary/aromatic N) is 6. The van der Waals surface area contributed by atoms with E-state index in [1.807, 2.05) is 25.9 Å². The highest BCUT2D eigenvalue weighted by molar-refractivity contribution is 5.86. The number of hydrogen-bond donors (Lipinski definition) is 0. The molecular formula is C11H14N6. The molecule has 1 atom stereocenters. The summed E-state index contributed by atoms with van der Waals surface area (Å²) in [5, 5.41) is 13.9. The molecule has 0 amide bonds. The maximum atomic E-state index is 8.82. The smallest absolute Gasteiger partial charge is 0.163 e. The third-order valence-corrected chi connectivity index (χ3v) is 2.64. The van der Waals surface area contributed by atoms with Crippen molar-refractivity contribution in [2.24, 2.45) is 13.0 Å². The Balaban J connectivity index is 2.39. The van der Waals surface area contributed by atoms with Gasteiger partial charge in [0.15, 0.2) is 5.65 Å². The second-order valence-electron chi connectivity index (χ2n) is 4.11. The summed E-state index contributed by atoms with van der Waals surface area (Å²) < 4.78 is 1.71. The topological polar surface area (TPSA) is 70.6 Å². The minimum absolute atomic E-state index is 0.0401. The van der Waals surface area contributed by atoms with Crippen molar-refractivity contribution < 1.29 is 0 Å². The Bertz CT molecular complexity index is 567. The van der Waals surface area contributed by atoms with Crippen LogP contribution in [0.15, 0.2) is 12.5 Å². The van der Waals surface area contributed by atoms with E-state index >= 15 is 0 Å². The van der Waals surface area contributed by atoms with E-state index in [4.69, 9.17) is 5.26 Å². The number of anilines is 1. The van der Waals surface area contributed by atoms with Crippen LogP contribution in [0.2, 0.25) is 0 Å². The van der Waals surface area contributed by atoms with Crippen LogP contribution >= 0.6 is 0 Å². The lowest BCUT2D eigenvalue weighted by molar-refractivity contribution is 0.711. The summed E-state index contributed by atoms with van der Waals surface area (Å²) in [4.78, 5) is 10.4. The zero-order chi connectivity index (χ0) is 12.4. The molecule has 2 heterocycles. The molecule has 2 rings (SSSR count). The minimum Gasteiger partial charge on any atom is -0.358 e. The molecule has 0 bridgehead atoms. The van der Waals surface area contributed by atoms with Crippen LogP contribution in [0.5, 0.6) is 0 Å². The summed E-state index contributed by atoms with van der Waals surface area (Å²) in [6.45, 7) is 2.52. The first-order valence-electron chi connectivity index (χ1n) is 5.37. The number of rotatable bonds is 3. The molecule has 0 radical (unpaired) electrons. The Kier molecular flexibility index (Phi) is 2.91. The van der Waals surface area contributed by atoms with Gasteiger partial charge in [-0.3, -0.25) is 4.68 Å². The lowest BCUT2D eigenvalue weighted by Crippen LogP contribution is -2.24. The van der Waals surface area contributed by atoms with Crippen molar-refractivity contribution in [2.45, 2.75) is 6.92 Å². The molecule has 0 aliphatic heterocycles. The van der Waals surface area contributed by atoms with E-state index in [1.54, 1.807) is 10.9 Å². The Morgan fingerprint density at radius 1 is 1.53 bits per heavy atom. The van der Waals surface area contributed by atoms with Crippen LogP contribution in [-0.2, 0) is 7.05 Å². The maximum absolute atomic E-state index is 8.82. The van der Waals surface area contributed by atoms with Gasteiger partial charge in [0.25, 0.3) is 0 Å². The highest BCUT2D eigenvalue weighted by atomic mass is 15.3. The predicted molar refractivity (Wildman–Crippen MR) is 64.4 cm³/mol. The SMILES string of the molecule is C[C@H](C#N)CN(C)c1ncnc2c1cnn2C. The molecule has 17 heavy (non-hydrogen) atoms. The van der Waals surface area contributed by atoms with Gasteiger partial charge in [-0.2, -0.15) is 10.4 Å². The van der Waals surface area contributed by atoms with Gasteiger partial charge < -0.3 is 4.90 Å². The molecule has 6 nitrogen and oxygen atoms in total. The van der Waals surface area contributed by atoms with E-state index in [2.05, 4.69) is 21.1 Å². The van der Waals surface area contributed by atoms with Crippen molar-refractivity contribution in [3.63, 3.8) is 0 Å². The van der Waals surface area contributed by atoms with E-state index < -0.39 is 0 Å². The molecule has 0 fully saturated rings. The van der Waals surface area contributed by atoms with Crippen LogP contribution in [0.4, 0.5) is 5.82 Å². The fourth-order valence-electron chi connectivity index (χ4n) is 1.79. The van der Waals surface area contributed by atoms with Gasteiger partial charge >= 0.3 is 0 Å². The fraction of sp³-hybridized carbons (Fsp3) is 0.455. The van der Waals surface area contributed by atoms with Gasteiger partial charge in [-0.1, -0.05) is 0 Å². The van der Waals surface area contributed by atoms with Crippen LogP contribution in [0.25, 0.3) is 11.0 Å². The quantitative estimate of drug-likeness (QED) is 0.785. The molecule has 0 aliphatic rings. The third kappa shape index (κ3) is 2.04. The zero-order valence-electron chi connectivity index (χ0n) is 10.1. The Labute approximate surface area is 99.5 Å². The van der Waals surface area contributed by atoms with Gasteiger partial charge in [-0.15, -0.1) is 0 Å². The molecule has 2 aromatic rings. The molecule has 88 valence electrons. The highest BCUT2D eigenvalue weighted by Crippen LogP contribution is 2.21. The molecule has 0 unspecified atom stereocenters. The van der Waals surface area contributed by atoms with Crippen molar-refractivity contribution >= 4 is 16.9 Å².